The van der Waals surface area contributed by atoms with Gasteiger partial charge in [0.1, 0.15) is 6.61 Å². The maximum absolute atomic E-state index is 11.3. The number of nitrogens with two attached hydrogens (primary N) is 1. The molecule has 0 saturated carbocycles. The number of ether oxygens (including phenoxy) is 1. The van der Waals surface area contributed by atoms with Crippen molar-refractivity contribution in [1.29, 1.82) is 0 Å². The molecule has 114 valence electrons. The van der Waals surface area contributed by atoms with Crippen LogP contribution in [0.3, 0.4) is 0 Å². The topological polar surface area (TPSA) is 77.2 Å². The minimum Gasteiger partial charge on any atom is -0.476 e. The highest BCUT2D eigenvalue weighted by molar-refractivity contribution is 6.30. The predicted molar refractivity (Wildman–Crippen MR) is 82.4 cm³/mol. The summed E-state index contributed by atoms with van der Waals surface area (Å²) in [6.45, 7) is 6.20. The smallest absolute Gasteiger partial charge is 0.234 e. The minimum atomic E-state index is -0.364. The second-order valence-electron chi connectivity index (χ2n) is 4.82. The Kier molecular flexibility index (Phi) is 8.53. The number of nitrogens with zero attached hydrogens (tertiary/aromatic N) is 1. The zero-order chi connectivity index (χ0) is 14.4. The van der Waals surface area contributed by atoms with Crippen LogP contribution in [0.2, 0.25) is 5.02 Å². The standard InChI is InChI=1S/C13H20ClN3O2.ClH/c1-8(2)12(13(15)18)17-9(3)7-19-11-5-4-10(14)6-16-11;/h4-6,8-9,12,17H,7H2,1-3H3,(H2,15,18);1H/t9?,12-;/m0./s1. The van der Waals surface area contributed by atoms with Crippen LogP contribution in [0.5, 0.6) is 5.88 Å². The molecule has 3 N–H and O–H groups in total. The highest BCUT2D eigenvalue weighted by Gasteiger charge is 2.21. The van der Waals surface area contributed by atoms with Gasteiger partial charge in [-0.05, 0) is 18.9 Å². The van der Waals surface area contributed by atoms with Crippen molar-refractivity contribution >= 4 is 29.9 Å². The molecule has 1 amide bonds. The van der Waals surface area contributed by atoms with Crippen molar-refractivity contribution in [3.05, 3.63) is 23.4 Å². The normalized spacial score (nSPS) is 13.4. The number of rotatable bonds is 7. The lowest BCUT2D eigenvalue weighted by Crippen LogP contribution is -2.50. The van der Waals surface area contributed by atoms with Crippen LogP contribution >= 0.6 is 24.0 Å². The van der Waals surface area contributed by atoms with Gasteiger partial charge in [-0.3, -0.25) is 10.1 Å². The Morgan fingerprint density at radius 1 is 1.45 bits per heavy atom. The van der Waals surface area contributed by atoms with Crippen molar-refractivity contribution in [3.63, 3.8) is 0 Å². The summed E-state index contributed by atoms with van der Waals surface area (Å²) in [5.41, 5.74) is 5.34. The van der Waals surface area contributed by atoms with Crippen molar-refractivity contribution < 1.29 is 9.53 Å². The summed E-state index contributed by atoms with van der Waals surface area (Å²) >= 11 is 5.73. The fraction of sp³-hybridized carbons (Fsp3) is 0.538. The van der Waals surface area contributed by atoms with E-state index in [0.29, 0.717) is 17.5 Å². The monoisotopic (exact) mass is 321 g/mol. The first kappa shape index (κ1) is 19.0. The molecule has 1 heterocycles. The summed E-state index contributed by atoms with van der Waals surface area (Å²) in [4.78, 5) is 15.3. The molecule has 0 aliphatic heterocycles. The molecule has 1 aromatic rings. The maximum atomic E-state index is 11.3. The average Bonchev–Trinajstić information content (AvgIpc) is 2.34. The van der Waals surface area contributed by atoms with Crippen molar-refractivity contribution in [2.45, 2.75) is 32.9 Å². The number of amides is 1. The second-order valence-corrected chi connectivity index (χ2v) is 5.25. The van der Waals surface area contributed by atoms with Crippen molar-refractivity contribution in [1.82, 2.24) is 10.3 Å². The molecule has 0 aromatic carbocycles. The maximum Gasteiger partial charge on any atom is 0.234 e. The number of halogens is 2. The highest BCUT2D eigenvalue weighted by Crippen LogP contribution is 2.11. The molecule has 0 saturated heterocycles. The van der Waals surface area contributed by atoms with E-state index in [-0.39, 0.29) is 36.3 Å². The lowest BCUT2D eigenvalue weighted by molar-refractivity contribution is -0.121. The number of primary amides is 1. The van der Waals surface area contributed by atoms with Gasteiger partial charge in [0.25, 0.3) is 0 Å². The molecule has 0 aliphatic carbocycles. The third-order valence-electron chi connectivity index (χ3n) is 2.62. The quantitative estimate of drug-likeness (QED) is 0.805. The van der Waals surface area contributed by atoms with E-state index in [1.807, 2.05) is 20.8 Å². The molecule has 0 fully saturated rings. The molecule has 7 heteroatoms. The number of nitrogens with one attached hydrogen (secondary N) is 1. The summed E-state index contributed by atoms with van der Waals surface area (Å²) in [6.07, 6.45) is 1.52. The van der Waals surface area contributed by atoms with Gasteiger partial charge >= 0.3 is 0 Å². The van der Waals surface area contributed by atoms with E-state index in [0.717, 1.165) is 0 Å². The molecular weight excluding hydrogens is 301 g/mol. The van der Waals surface area contributed by atoms with Crippen LogP contribution in [0.4, 0.5) is 0 Å². The number of aromatic nitrogens is 1. The highest BCUT2D eigenvalue weighted by atomic mass is 35.5. The van der Waals surface area contributed by atoms with E-state index in [9.17, 15) is 4.79 Å². The van der Waals surface area contributed by atoms with Gasteiger partial charge in [0.2, 0.25) is 11.8 Å². The van der Waals surface area contributed by atoms with Gasteiger partial charge in [0.05, 0.1) is 11.1 Å². The number of carbonyl (C=O) groups is 1. The predicted octanol–water partition coefficient (Wildman–Crippen LogP) is 2.02. The van der Waals surface area contributed by atoms with Gasteiger partial charge in [0, 0.05) is 18.3 Å². The summed E-state index contributed by atoms with van der Waals surface area (Å²) < 4.78 is 5.50. The number of hydrogen-bond donors (Lipinski definition) is 2. The zero-order valence-electron chi connectivity index (χ0n) is 11.8. The summed E-state index contributed by atoms with van der Waals surface area (Å²) in [7, 11) is 0. The largest absolute Gasteiger partial charge is 0.476 e. The van der Waals surface area contributed by atoms with E-state index in [1.165, 1.54) is 6.20 Å². The van der Waals surface area contributed by atoms with E-state index in [1.54, 1.807) is 12.1 Å². The molecule has 0 aliphatic rings. The Morgan fingerprint density at radius 3 is 2.55 bits per heavy atom. The van der Waals surface area contributed by atoms with Crippen molar-refractivity contribution in [3.8, 4) is 5.88 Å². The van der Waals surface area contributed by atoms with E-state index < -0.39 is 0 Å². The first-order chi connectivity index (χ1) is 8.90. The van der Waals surface area contributed by atoms with Gasteiger partial charge in [-0.2, -0.15) is 0 Å². The Balaban J connectivity index is 0.00000361. The van der Waals surface area contributed by atoms with Gasteiger partial charge in [0.15, 0.2) is 0 Å². The molecular formula is C13H21Cl2N3O2. The van der Waals surface area contributed by atoms with E-state index >= 15 is 0 Å². The van der Waals surface area contributed by atoms with Crippen LogP contribution in [-0.2, 0) is 4.79 Å². The molecule has 2 atom stereocenters. The molecule has 1 unspecified atom stereocenters. The number of pyridine rings is 1. The van der Waals surface area contributed by atoms with Crippen LogP contribution in [0.15, 0.2) is 18.3 Å². The third-order valence-corrected chi connectivity index (χ3v) is 2.84. The van der Waals surface area contributed by atoms with E-state index in [4.69, 9.17) is 22.1 Å². The fourth-order valence-corrected chi connectivity index (χ4v) is 1.73. The molecule has 0 bridgehead atoms. The van der Waals surface area contributed by atoms with E-state index in [2.05, 4.69) is 10.3 Å². The summed E-state index contributed by atoms with van der Waals surface area (Å²) in [6, 6.07) is 3.03. The Labute approximate surface area is 130 Å². The summed E-state index contributed by atoms with van der Waals surface area (Å²) in [5.74, 6) is 0.276. The molecule has 1 rings (SSSR count). The second kappa shape index (κ2) is 9.00. The lowest BCUT2D eigenvalue weighted by atomic mass is 10.0. The van der Waals surface area contributed by atoms with Gasteiger partial charge in [-0.15, -0.1) is 12.4 Å². The average molecular weight is 322 g/mol. The number of carbonyl (C=O) groups excluding carboxylic acids is 1. The summed E-state index contributed by atoms with van der Waals surface area (Å²) in [5, 5.41) is 3.71. The van der Waals surface area contributed by atoms with Crippen LogP contribution < -0.4 is 15.8 Å². The Bertz CT molecular complexity index is 413. The Morgan fingerprint density at radius 2 is 2.10 bits per heavy atom. The van der Waals surface area contributed by atoms with Crippen molar-refractivity contribution in [2.24, 2.45) is 11.7 Å². The van der Waals surface area contributed by atoms with Gasteiger partial charge < -0.3 is 10.5 Å². The third kappa shape index (κ3) is 6.41. The lowest BCUT2D eigenvalue weighted by Gasteiger charge is -2.23. The van der Waals surface area contributed by atoms with Gasteiger partial charge in [-0.25, -0.2) is 4.98 Å². The minimum absolute atomic E-state index is 0. The fourth-order valence-electron chi connectivity index (χ4n) is 1.62. The zero-order valence-corrected chi connectivity index (χ0v) is 13.4. The van der Waals surface area contributed by atoms with Gasteiger partial charge in [-0.1, -0.05) is 25.4 Å². The Hall–Kier alpha value is -1.04. The SMILES string of the molecule is CC(COc1ccc(Cl)cn1)N[C@H](C(N)=O)C(C)C.Cl. The molecule has 20 heavy (non-hydrogen) atoms. The van der Waals surface area contributed by atoms with Crippen LogP contribution in [0.25, 0.3) is 0 Å². The molecule has 1 aromatic heterocycles. The molecule has 0 spiro atoms. The first-order valence-corrected chi connectivity index (χ1v) is 6.57. The van der Waals surface area contributed by atoms with Crippen LogP contribution in [-0.4, -0.2) is 29.6 Å². The van der Waals surface area contributed by atoms with Crippen LogP contribution in [0.1, 0.15) is 20.8 Å². The molecule has 5 nitrogen and oxygen atoms in total. The van der Waals surface area contributed by atoms with Crippen LogP contribution in [0, 0.1) is 5.92 Å². The first-order valence-electron chi connectivity index (χ1n) is 6.20. The molecule has 0 radical (unpaired) electrons. The van der Waals surface area contributed by atoms with Crippen molar-refractivity contribution in [2.75, 3.05) is 6.61 Å². The number of hydrogen-bond acceptors (Lipinski definition) is 4.